The van der Waals surface area contributed by atoms with Gasteiger partial charge in [0, 0.05) is 18.5 Å². The molecule has 1 aromatic rings. The van der Waals surface area contributed by atoms with Crippen molar-refractivity contribution in [3.63, 3.8) is 0 Å². The van der Waals surface area contributed by atoms with E-state index in [2.05, 4.69) is 34.1 Å². The SMILES string of the molecule is CC(CN=C(N)NC1CC1)c1ccsc1.I. The topological polar surface area (TPSA) is 50.4 Å². The first kappa shape index (κ1) is 13.8. The second kappa shape index (κ2) is 6.44. The zero-order valence-corrected chi connectivity index (χ0v) is 12.5. The Labute approximate surface area is 118 Å². The maximum atomic E-state index is 5.76. The highest BCUT2D eigenvalue weighted by Gasteiger charge is 2.21. The molecule has 0 bridgehead atoms. The zero-order valence-electron chi connectivity index (χ0n) is 9.35. The van der Waals surface area contributed by atoms with Gasteiger partial charge in [0.2, 0.25) is 0 Å². The molecule has 1 aliphatic carbocycles. The second-order valence-electron chi connectivity index (χ2n) is 4.10. The molecule has 0 aromatic carbocycles. The molecule has 1 fully saturated rings. The van der Waals surface area contributed by atoms with Crippen LogP contribution >= 0.6 is 35.3 Å². The van der Waals surface area contributed by atoms with E-state index >= 15 is 0 Å². The normalized spacial score (nSPS) is 17.7. The maximum Gasteiger partial charge on any atom is 0.188 e. The van der Waals surface area contributed by atoms with Crippen LogP contribution in [0, 0.1) is 0 Å². The van der Waals surface area contributed by atoms with Crippen molar-refractivity contribution >= 4 is 41.3 Å². The van der Waals surface area contributed by atoms with Crippen molar-refractivity contribution in [3.05, 3.63) is 22.4 Å². The third-order valence-corrected chi connectivity index (χ3v) is 3.28. The number of hydrogen-bond donors (Lipinski definition) is 2. The van der Waals surface area contributed by atoms with Crippen molar-refractivity contribution in [2.75, 3.05) is 6.54 Å². The Hall–Kier alpha value is -0.300. The van der Waals surface area contributed by atoms with Crippen molar-refractivity contribution in [3.8, 4) is 0 Å². The number of nitrogens with zero attached hydrogens (tertiary/aromatic N) is 1. The molecule has 0 saturated heterocycles. The van der Waals surface area contributed by atoms with Crippen LogP contribution in [0.25, 0.3) is 0 Å². The lowest BCUT2D eigenvalue weighted by molar-refractivity contribution is 0.766. The highest BCUT2D eigenvalue weighted by atomic mass is 127. The Morgan fingerprint density at radius 3 is 3.00 bits per heavy atom. The number of rotatable bonds is 4. The molecule has 2 rings (SSSR count). The van der Waals surface area contributed by atoms with Gasteiger partial charge in [-0.2, -0.15) is 11.3 Å². The molecular weight excluding hydrogens is 333 g/mol. The predicted octanol–water partition coefficient (Wildman–Crippen LogP) is 2.54. The molecule has 1 atom stereocenters. The number of thiophene rings is 1. The molecule has 1 unspecified atom stereocenters. The highest BCUT2D eigenvalue weighted by Crippen LogP contribution is 2.19. The van der Waals surface area contributed by atoms with Crippen molar-refractivity contribution in [1.82, 2.24) is 5.32 Å². The summed E-state index contributed by atoms with van der Waals surface area (Å²) in [5.41, 5.74) is 7.11. The number of nitrogens with one attached hydrogen (secondary N) is 1. The number of guanidine groups is 1. The first-order valence-corrected chi connectivity index (χ1v) is 6.28. The first-order valence-electron chi connectivity index (χ1n) is 5.34. The summed E-state index contributed by atoms with van der Waals surface area (Å²) in [6.45, 7) is 2.94. The van der Waals surface area contributed by atoms with E-state index in [1.807, 2.05) is 0 Å². The average molecular weight is 351 g/mol. The Morgan fingerprint density at radius 2 is 2.44 bits per heavy atom. The molecule has 1 aromatic heterocycles. The van der Waals surface area contributed by atoms with Crippen LogP contribution in [0.3, 0.4) is 0 Å². The third-order valence-electron chi connectivity index (χ3n) is 2.58. The number of aliphatic imine (C=N–C) groups is 1. The van der Waals surface area contributed by atoms with E-state index in [4.69, 9.17) is 5.73 Å². The molecule has 0 spiro atoms. The van der Waals surface area contributed by atoms with Crippen LogP contribution in [0.2, 0.25) is 0 Å². The molecule has 3 nitrogen and oxygen atoms in total. The summed E-state index contributed by atoms with van der Waals surface area (Å²) < 4.78 is 0. The Morgan fingerprint density at radius 1 is 1.69 bits per heavy atom. The van der Waals surface area contributed by atoms with Gasteiger partial charge >= 0.3 is 0 Å². The van der Waals surface area contributed by atoms with Gasteiger partial charge in [0.05, 0.1) is 0 Å². The summed E-state index contributed by atoms with van der Waals surface area (Å²) >= 11 is 1.73. The molecule has 0 amide bonds. The first-order chi connectivity index (χ1) is 7.25. The summed E-state index contributed by atoms with van der Waals surface area (Å²) in [7, 11) is 0. The van der Waals surface area contributed by atoms with E-state index in [1.165, 1.54) is 18.4 Å². The van der Waals surface area contributed by atoms with Gasteiger partial charge in [0.1, 0.15) is 0 Å². The van der Waals surface area contributed by atoms with Crippen LogP contribution < -0.4 is 11.1 Å². The van der Waals surface area contributed by atoms with Gasteiger partial charge in [-0.15, -0.1) is 24.0 Å². The highest BCUT2D eigenvalue weighted by molar-refractivity contribution is 14.0. The fraction of sp³-hybridized carbons (Fsp3) is 0.545. The minimum atomic E-state index is 0. The average Bonchev–Trinajstić information content (AvgIpc) is 2.86. The monoisotopic (exact) mass is 351 g/mol. The minimum absolute atomic E-state index is 0. The number of hydrogen-bond acceptors (Lipinski definition) is 2. The summed E-state index contributed by atoms with van der Waals surface area (Å²) in [6, 6.07) is 2.74. The van der Waals surface area contributed by atoms with Gasteiger partial charge in [-0.25, -0.2) is 0 Å². The second-order valence-corrected chi connectivity index (χ2v) is 4.88. The van der Waals surface area contributed by atoms with Crippen LogP contribution in [-0.4, -0.2) is 18.5 Å². The van der Waals surface area contributed by atoms with E-state index in [9.17, 15) is 0 Å². The lowest BCUT2D eigenvalue weighted by atomic mass is 10.1. The van der Waals surface area contributed by atoms with Crippen LogP contribution in [0.4, 0.5) is 0 Å². The third kappa shape index (κ3) is 4.29. The quantitative estimate of drug-likeness (QED) is 0.498. The Kier molecular flexibility index (Phi) is 5.54. The van der Waals surface area contributed by atoms with Gasteiger partial charge in [-0.1, -0.05) is 6.92 Å². The number of nitrogens with two attached hydrogens (primary N) is 1. The standard InChI is InChI=1S/C11H17N3S.HI/c1-8(9-4-5-15-7-9)6-13-11(12)14-10-2-3-10;/h4-5,7-8,10H,2-3,6H2,1H3,(H3,12,13,14);1H. The summed E-state index contributed by atoms with van der Waals surface area (Å²) in [5, 5.41) is 7.45. The summed E-state index contributed by atoms with van der Waals surface area (Å²) in [4.78, 5) is 4.35. The zero-order chi connectivity index (χ0) is 10.7. The van der Waals surface area contributed by atoms with Gasteiger partial charge < -0.3 is 11.1 Å². The Balaban J connectivity index is 0.00000128. The maximum absolute atomic E-state index is 5.76. The van der Waals surface area contributed by atoms with Gasteiger partial charge in [-0.3, -0.25) is 4.99 Å². The van der Waals surface area contributed by atoms with Gasteiger partial charge in [-0.05, 0) is 35.2 Å². The summed E-state index contributed by atoms with van der Waals surface area (Å²) in [6.07, 6.45) is 2.46. The fourth-order valence-corrected chi connectivity index (χ4v) is 2.16. The lowest BCUT2D eigenvalue weighted by Crippen LogP contribution is -2.33. The fourth-order valence-electron chi connectivity index (χ4n) is 1.38. The molecule has 1 saturated carbocycles. The van der Waals surface area contributed by atoms with Crippen molar-refractivity contribution < 1.29 is 0 Å². The molecule has 90 valence electrons. The van der Waals surface area contributed by atoms with Crippen molar-refractivity contribution in [2.45, 2.75) is 31.7 Å². The van der Waals surface area contributed by atoms with Crippen molar-refractivity contribution in [1.29, 1.82) is 0 Å². The van der Waals surface area contributed by atoms with Gasteiger partial charge in [0.25, 0.3) is 0 Å². The van der Waals surface area contributed by atoms with E-state index in [0.29, 0.717) is 17.9 Å². The molecule has 5 heteroatoms. The number of halogens is 1. The Bertz CT molecular complexity index is 333. The smallest absolute Gasteiger partial charge is 0.188 e. The predicted molar refractivity (Wildman–Crippen MR) is 80.8 cm³/mol. The van der Waals surface area contributed by atoms with Crippen LogP contribution in [0.5, 0.6) is 0 Å². The minimum Gasteiger partial charge on any atom is -0.370 e. The largest absolute Gasteiger partial charge is 0.370 e. The van der Waals surface area contributed by atoms with E-state index in [1.54, 1.807) is 11.3 Å². The van der Waals surface area contributed by atoms with Crippen molar-refractivity contribution in [2.24, 2.45) is 10.7 Å². The lowest BCUT2D eigenvalue weighted by Gasteiger charge is -2.07. The van der Waals surface area contributed by atoms with Crippen LogP contribution in [0.15, 0.2) is 21.8 Å². The van der Waals surface area contributed by atoms with Crippen LogP contribution in [-0.2, 0) is 0 Å². The molecule has 1 aliphatic rings. The summed E-state index contributed by atoms with van der Waals surface area (Å²) in [5.74, 6) is 1.05. The van der Waals surface area contributed by atoms with E-state index in [0.717, 1.165) is 6.54 Å². The molecular formula is C11H18IN3S. The van der Waals surface area contributed by atoms with Crippen LogP contribution in [0.1, 0.15) is 31.2 Å². The molecule has 1 heterocycles. The molecule has 16 heavy (non-hydrogen) atoms. The van der Waals surface area contributed by atoms with E-state index in [-0.39, 0.29) is 24.0 Å². The molecule has 0 aliphatic heterocycles. The van der Waals surface area contributed by atoms with Gasteiger partial charge in [0.15, 0.2) is 5.96 Å². The molecule has 0 radical (unpaired) electrons. The molecule has 3 N–H and O–H groups in total. The van der Waals surface area contributed by atoms with E-state index < -0.39 is 0 Å².